The van der Waals surface area contributed by atoms with E-state index in [1.807, 2.05) is 41.7 Å². The predicted molar refractivity (Wildman–Crippen MR) is 95.9 cm³/mol. The third-order valence-corrected chi connectivity index (χ3v) is 3.63. The van der Waals surface area contributed by atoms with Crippen LogP contribution in [-0.2, 0) is 0 Å². The van der Waals surface area contributed by atoms with Gasteiger partial charge in [0.15, 0.2) is 5.82 Å². The zero-order valence-corrected chi connectivity index (χ0v) is 14.7. The molecule has 0 N–H and O–H groups in total. The first kappa shape index (κ1) is 16.5. The minimum Gasteiger partial charge on any atom is -0.493 e. The largest absolute Gasteiger partial charge is 0.493 e. The number of hydrogen-bond donors (Lipinski definition) is 0. The van der Waals surface area contributed by atoms with Crippen molar-refractivity contribution in [1.82, 2.24) is 9.38 Å². The van der Waals surface area contributed by atoms with Gasteiger partial charge in [0.05, 0.1) is 23.0 Å². The van der Waals surface area contributed by atoms with Crippen LogP contribution in [0.4, 0.5) is 11.5 Å². The van der Waals surface area contributed by atoms with Crippen molar-refractivity contribution in [1.29, 1.82) is 0 Å². The number of azo groups is 1. The number of ether oxygens (including phenoxy) is 1. The molecule has 0 bridgehead atoms. The van der Waals surface area contributed by atoms with Gasteiger partial charge in [-0.2, -0.15) is 0 Å². The highest BCUT2D eigenvalue weighted by molar-refractivity contribution is 6.30. The molecule has 2 heterocycles. The third kappa shape index (κ3) is 3.74. The topological polar surface area (TPSA) is 51.2 Å². The van der Waals surface area contributed by atoms with Gasteiger partial charge in [-0.3, -0.25) is 4.40 Å². The zero-order valence-electron chi connectivity index (χ0n) is 13.9. The fraction of sp³-hybridized carbons (Fsp3) is 0.278. The van der Waals surface area contributed by atoms with Gasteiger partial charge >= 0.3 is 0 Å². The molecule has 3 rings (SSSR count). The van der Waals surface area contributed by atoms with Crippen LogP contribution in [0.25, 0.3) is 5.65 Å². The van der Waals surface area contributed by atoms with Crippen LogP contribution in [0, 0.1) is 12.8 Å². The molecule has 0 saturated carbocycles. The molecular weight excluding hydrogens is 324 g/mol. The lowest BCUT2D eigenvalue weighted by molar-refractivity contribution is 0.271. The molecule has 3 aromatic rings. The van der Waals surface area contributed by atoms with Crippen molar-refractivity contribution in [2.45, 2.75) is 20.8 Å². The first-order valence-electron chi connectivity index (χ1n) is 7.82. The highest BCUT2D eigenvalue weighted by atomic mass is 35.5. The highest BCUT2D eigenvalue weighted by Gasteiger charge is 2.08. The second kappa shape index (κ2) is 7.01. The van der Waals surface area contributed by atoms with E-state index in [4.69, 9.17) is 16.3 Å². The van der Waals surface area contributed by atoms with Crippen molar-refractivity contribution in [3.8, 4) is 5.75 Å². The van der Waals surface area contributed by atoms with Crippen molar-refractivity contribution in [2.75, 3.05) is 6.61 Å². The van der Waals surface area contributed by atoms with Crippen molar-refractivity contribution in [2.24, 2.45) is 16.1 Å². The summed E-state index contributed by atoms with van der Waals surface area (Å²) in [6.45, 7) is 6.83. The fourth-order valence-electron chi connectivity index (χ4n) is 2.22. The summed E-state index contributed by atoms with van der Waals surface area (Å²) in [6, 6.07) is 11.2. The number of halogens is 1. The van der Waals surface area contributed by atoms with Crippen LogP contribution < -0.4 is 4.74 Å². The lowest BCUT2D eigenvalue weighted by atomic mass is 10.2. The van der Waals surface area contributed by atoms with Crippen molar-refractivity contribution in [3.05, 3.63) is 53.3 Å². The summed E-state index contributed by atoms with van der Waals surface area (Å²) in [5.74, 6) is 2.00. The third-order valence-electron chi connectivity index (χ3n) is 3.41. The predicted octanol–water partition coefficient (Wildman–Crippen LogP) is 5.75. The van der Waals surface area contributed by atoms with Gasteiger partial charge in [-0.25, -0.2) is 4.98 Å². The lowest BCUT2D eigenvalue weighted by Gasteiger charge is -2.08. The number of aryl methyl sites for hydroxylation is 1. The minimum absolute atomic E-state index is 0.495. The van der Waals surface area contributed by atoms with E-state index in [0.29, 0.717) is 23.4 Å². The van der Waals surface area contributed by atoms with Gasteiger partial charge in [0.25, 0.3) is 0 Å². The summed E-state index contributed by atoms with van der Waals surface area (Å²) in [4.78, 5) is 4.45. The van der Waals surface area contributed by atoms with Gasteiger partial charge < -0.3 is 4.74 Å². The van der Waals surface area contributed by atoms with E-state index in [9.17, 15) is 0 Å². The van der Waals surface area contributed by atoms with Crippen molar-refractivity contribution < 1.29 is 4.74 Å². The Morgan fingerprint density at radius 1 is 1.12 bits per heavy atom. The zero-order chi connectivity index (χ0) is 17.1. The smallest absolute Gasteiger partial charge is 0.182 e. The Labute approximate surface area is 146 Å². The molecular formula is C18H19ClN4O. The molecule has 1 aromatic carbocycles. The maximum absolute atomic E-state index is 6.05. The SMILES string of the molecule is Cc1nc2ccc(Cl)cn2c1N=Nc1ccc(OCC(C)C)cc1. The van der Waals surface area contributed by atoms with E-state index >= 15 is 0 Å². The Balaban J connectivity index is 1.81. The maximum Gasteiger partial charge on any atom is 0.182 e. The van der Waals surface area contributed by atoms with Crippen LogP contribution in [0.2, 0.25) is 5.02 Å². The number of hydrogen-bond acceptors (Lipinski definition) is 4. The van der Waals surface area contributed by atoms with Crippen LogP contribution in [-0.4, -0.2) is 16.0 Å². The molecule has 0 amide bonds. The number of rotatable bonds is 5. The summed E-state index contributed by atoms with van der Waals surface area (Å²) in [7, 11) is 0. The summed E-state index contributed by atoms with van der Waals surface area (Å²) < 4.78 is 7.50. The molecule has 0 spiro atoms. The molecule has 0 aliphatic rings. The first-order chi connectivity index (χ1) is 11.5. The Hall–Kier alpha value is -2.40. The van der Waals surface area contributed by atoms with E-state index in [-0.39, 0.29) is 0 Å². The molecule has 124 valence electrons. The minimum atomic E-state index is 0.495. The maximum atomic E-state index is 6.05. The summed E-state index contributed by atoms with van der Waals surface area (Å²) in [5.41, 5.74) is 2.35. The number of fused-ring (bicyclic) bond motifs is 1. The monoisotopic (exact) mass is 342 g/mol. The number of nitrogens with zero attached hydrogens (tertiary/aromatic N) is 4. The van der Waals surface area contributed by atoms with E-state index in [2.05, 4.69) is 29.1 Å². The highest BCUT2D eigenvalue weighted by Crippen LogP contribution is 2.26. The Kier molecular flexibility index (Phi) is 4.81. The van der Waals surface area contributed by atoms with Crippen LogP contribution in [0.1, 0.15) is 19.5 Å². The van der Waals surface area contributed by atoms with Gasteiger partial charge in [-0.15, -0.1) is 10.2 Å². The van der Waals surface area contributed by atoms with Crippen molar-refractivity contribution >= 4 is 28.8 Å². The van der Waals surface area contributed by atoms with Gasteiger partial charge in [0.1, 0.15) is 11.4 Å². The van der Waals surface area contributed by atoms with Crippen LogP contribution >= 0.6 is 11.6 Å². The Morgan fingerprint density at radius 2 is 1.88 bits per heavy atom. The quantitative estimate of drug-likeness (QED) is 0.554. The molecule has 0 aliphatic carbocycles. The first-order valence-corrected chi connectivity index (χ1v) is 8.19. The van der Waals surface area contributed by atoms with Crippen molar-refractivity contribution in [3.63, 3.8) is 0 Å². The number of pyridine rings is 1. The molecule has 0 fully saturated rings. The van der Waals surface area contributed by atoms with Gasteiger partial charge in [0, 0.05) is 6.20 Å². The Morgan fingerprint density at radius 3 is 2.58 bits per heavy atom. The summed E-state index contributed by atoms with van der Waals surface area (Å²) in [6.07, 6.45) is 1.79. The van der Waals surface area contributed by atoms with E-state index in [1.54, 1.807) is 12.3 Å². The molecule has 24 heavy (non-hydrogen) atoms. The van der Waals surface area contributed by atoms with Crippen LogP contribution in [0.5, 0.6) is 5.75 Å². The van der Waals surface area contributed by atoms with Gasteiger partial charge in [-0.05, 0) is 49.2 Å². The summed E-state index contributed by atoms with van der Waals surface area (Å²) >= 11 is 6.05. The molecule has 0 atom stereocenters. The van der Waals surface area contributed by atoms with Crippen LogP contribution in [0.3, 0.4) is 0 Å². The molecule has 0 aliphatic heterocycles. The van der Waals surface area contributed by atoms with E-state index < -0.39 is 0 Å². The average molecular weight is 343 g/mol. The number of aromatic nitrogens is 2. The van der Waals surface area contributed by atoms with Crippen LogP contribution in [0.15, 0.2) is 52.8 Å². The molecule has 6 heteroatoms. The normalized spacial score (nSPS) is 11.7. The van der Waals surface area contributed by atoms with Gasteiger partial charge in [0.2, 0.25) is 0 Å². The molecule has 0 unspecified atom stereocenters. The average Bonchev–Trinajstić information content (AvgIpc) is 2.86. The standard InChI is InChI=1S/C18H19ClN4O/c1-12(2)11-24-16-7-5-15(6-8-16)21-22-18-13(3)20-17-9-4-14(19)10-23(17)18/h4-10,12H,11H2,1-3H3. The fourth-order valence-corrected chi connectivity index (χ4v) is 2.38. The second-order valence-corrected chi connectivity index (χ2v) is 6.43. The van der Waals surface area contributed by atoms with E-state index in [1.165, 1.54) is 0 Å². The molecule has 0 saturated heterocycles. The second-order valence-electron chi connectivity index (χ2n) is 6.00. The van der Waals surface area contributed by atoms with E-state index in [0.717, 1.165) is 22.8 Å². The lowest BCUT2D eigenvalue weighted by Crippen LogP contribution is -2.03. The van der Waals surface area contributed by atoms with Gasteiger partial charge in [-0.1, -0.05) is 25.4 Å². The molecule has 0 radical (unpaired) electrons. The number of imidazole rings is 1. The molecule has 5 nitrogen and oxygen atoms in total. The number of benzene rings is 1. The molecule has 2 aromatic heterocycles. The summed E-state index contributed by atoms with van der Waals surface area (Å²) in [5, 5.41) is 9.25. The Bertz CT molecular complexity index is 869.